The van der Waals surface area contributed by atoms with Crippen molar-refractivity contribution < 1.29 is 28.5 Å². The lowest BCUT2D eigenvalue weighted by molar-refractivity contribution is -0.119. The molecule has 198 valence electrons. The number of aryl methyl sites for hydroxylation is 1. The van der Waals surface area contributed by atoms with Crippen molar-refractivity contribution in [1.82, 2.24) is 5.32 Å². The lowest BCUT2D eigenvalue weighted by Gasteiger charge is -2.19. The molecular formula is C29H30N2O7. The van der Waals surface area contributed by atoms with Crippen LogP contribution in [0.3, 0.4) is 0 Å². The zero-order valence-corrected chi connectivity index (χ0v) is 22.0. The van der Waals surface area contributed by atoms with E-state index in [9.17, 15) is 14.4 Å². The second kappa shape index (κ2) is 11.2. The van der Waals surface area contributed by atoms with E-state index in [1.165, 1.54) is 34.3 Å². The summed E-state index contributed by atoms with van der Waals surface area (Å²) < 4.78 is 22.1. The number of ether oxygens (including phenoxy) is 4. The van der Waals surface area contributed by atoms with Crippen LogP contribution >= 0.6 is 0 Å². The molecule has 1 aliphatic carbocycles. The molecular weight excluding hydrogens is 488 g/mol. The molecule has 2 N–H and O–H groups in total. The molecule has 1 aliphatic rings. The van der Waals surface area contributed by atoms with E-state index in [4.69, 9.17) is 18.9 Å². The van der Waals surface area contributed by atoms with Crippen LogP contribution < -0.4 is 35.0 Å². The van der Waals surface area contributed by atoms with Crippen LogP contribution in [0.25, 0.3) is 11.1 Å². The third-order valence-electron chi connectivity index (χ3n) is 6.50. The summed E-state index contributed by atoms with van der Waals surface area (Å²) in [5, 5.41) is 5.68. The molecule has 9 heteroatoms. The highest BCUT2D eigenvalue weighted by Crippen LogP contribution is 2.50. The normalized spacial score (nSPS) is 13.8. The SMILES string of the molecule is COc1cccc(C(=O)Nc2ccc3c(cc2=O)[C@H](NC(C)=O)CCc2cc(OC)c(OC)c(OC)c2-3)c1. The smallest absolute Gasteiger partial charge is 0.255 e. The highest BCUT2D eigenvalue weighted by Gasteiger charge is 2.29. The lowest BCUT2D eigenvalue weighted by atomic mass is 9.95. The molecule has 0 spiro atoms. The average Bonchev–Trinajstić information content (AvgIpc) is 3.16. The van der Waals surface area contributed by atoms with Crippen LogP contribution in [0, 0.1) is 0 Å². The first-order valence-electron chi connectivity index (χ1n) is 12.0. The van der Waals surface area contributed by atoms with Gasteiger partial charge in [0.25, 0.3) is 5.91 Å². The first-order valence-corrected chi connectivity index (χ1v) is 12.0. The Balaban J connectivity index is 1.91. The maximum Gasteiger partial charge on any atom is 0.255 e. The molecule has 0 unspecified atom stereocenters. The minimum Gasteiger partial charge on any atom is -0.497 e. The minimum atomic E-state index is -0.454. The number of hydrogen-bond acceptors (Lipinski definition) is 7. The van der Waals surface area contributed by atoms with Crippen LogP contribution in [0.4, 0.5) is 5.69 Å². The Labute approximate surface area is 220 Å². The Morgan fingerprint density at radius 2 is 1.66 bits per heavy atom. The number of carbonyl (C=O) groups excluding carboxylic acids is 2. The van der Waals surface area contributed by atoms with E-state index >= 15 is 0 Å². The fourth-order valence-electron chi connectivity index (χ4n) is 4.77. The van der Waals surface area contributed by atoms with Crippen LogP contribution in [-0.4, -0.2) is 40.3 Å². The molecule has 3 aromatic rings. The molecule has 0 fully saturated rings. The van der Waals surface area contributed by atoms with Crippen molar-refractivity contribution in [1.29, 1.82) is 0 Å². The van der Waals surface area contributed by atoms with Gasteiger partial charge >= 0.3 is 0 Å². The van der Waals surface area contributed by atoms with Crippen molar-refractivity contribution >= 4 is 17.5 Å². The monoisotopic (exact) mass is 518 g/mol. The number of nitrogens with one attached hydrogen (secondary N) is 2. The van der Waals surface area contributed by atoms with Crippen molar-refractivity contribution in [2.75, 3.05) is 33.8 Å². The van der Waals surface area contributed by atoms with Crippen molar-refractivity contribution in [3.63, 3.8) is 0 Å². The minimum absolute atomic E-state index is 0.0912. The summed E-state index contributed by atoms with van der Waals surface area (Å²) in [6, 6.07) is 12.9. The molecule has 0 saturated carbocycles. The summed E-state index contributed by atoms with van der Waals surface area (Å²) in [4.78, 5) is 38.4. The van der Waals surface area contributed by atoms with E-state index in [0.717, 1.165) is 11.1 Å². The van der Waals surface area contributed by atoms with E-state index in [1.807, 2.05) is 6.07 Å². The largest absolute Gasteiger partial charge is 0.497 e. The van der Waals surface area contributed by atoms with Crippen molar-refractivity contribution in [3.05, 3.63) is 75.4 Å². The summed E-state index contributed by atoms with van der Waals surface area (Å²) in [5.41, 5.74) is 2.96. The van der Waals surface area contributed by atoms with Gasteiger partial charge in [0.15, 0.2) is 11.5 Å². The van der Waals surface area contributed by atoms with E-state index in [-0.39, 0.29) is 11.6 Å². The lowest BCUT2D eigenvalue weighted by Crippen LogP contribution is -2.26. The Bertz CT molecular complexity index is 1450. The Hall–Kier alpha value is -4.53. The Kier molecular flexibility index (Phi) is 7.85. The molecule has 0 saturated heterocycles. The third-order valence-corrected chi connectivity index (χ3v) is 6.50. The quantitative estimate of drug-likeness (QED) is 0.484. The number of methoxy groups -OCH3 is 4. The number of rotatable bonds is 7. The summed E-state index contributed by atoms with van der Waals surface area (Å²) in [6.45, 7) is 1.44. The maximum atomic E-state index is 13.4. The van der Waals surface area contributed by atoms with Gasteiger partial charge in [0.2, 0.25) is 17.1 Å². The fraction of sp³-hybridized carbons (Fsp3) is 0.276. The zero-order chi connectivity index (χ0) is 27.4. The van der Waals surface area contributed by atoms with Crippen LogP contribution in [0.1, 0.15) is 40.9 Å². The molecule has 38 heavy (non-hydrogen) atoms. The van der Waals surface area contributed by atoms with Gasteiger partial charge in [-0.15, -0.1) is 0 Å². The molecule has 1 atom stereocenters. The van der Waals surface area contributed by atoms with Gasteiger partial charge in [-0.1, -0.05) is 12.1 Å². The standard InChI is InChI=1S/C29H30N2O7/c1-16(32)30-22-11-9-17-14-25(36-3)27(37-4)28(38-5)26(17)20-10-12-23(24(33)15-21(20)22)31-29(34)18-7-6-8-19(13-18)35-2/h6-8,10,12-15,22H,9,11H2,1-5H3,(H,30,32)(H,31,33,34)/t22-/m1/s1. The van der Waals surface area contributed by atoms with Crippen LogP contribution in [0.2, 0.25) is 0 Å². The van der Waals surface area contributed by atoms with Gasteiger partial charge in [-0.25, -0.2) is 0 Å². The zero-order valence-electron chi connectivity index (χ0n) is 22.0. The van der Waals surface area contributed by atoms with Crippen LogP contribution in [0.15, 0.2) is 53.3 Å². The number of hydrogen-bond donors (Lipinski definition) is 2. The molecule has 2 amide bonds. The maximum absolute atomic E-state index is 13.4. The summed E-state index contributed by atoms with van der Waals surface area (Å²) in [7, 11) is 6.13. The second-order valence-electron chi connectivity index (χ2n) is 8.78. The van der Waals surface area contributed by atoms with Crippen molar-refractivity contribution in [2.24, 2.45) is 0 Å². The Morgan fingerprint density at radius 3 is 2.32 bits per heavy atom. The van der Waals surface area contributed by atoms with Crippen LogP contribution in [0.5, 0.6) is 23.0 Å². The van der Waals surface area contributed by atoms with Gasteiger partial charge in [0, 0.05) is 18.1 Å². The number of amides is 2. The molecule has 4 rings (SSSR count). The molecule has 0 heterocycles. The molecule has 0 bridgehead atoms. The predicted octanol–water partition coefficient (Wildman–Crippen LogP) is 4.12. The van der Waals surface area contributed by atoms with Gasteiger partial charge in [-0.2, -0.15) is 0 Å². The molecule has 0 aromatic heterocycles. The number of carbonyl (C=O) groups is 2. The van der Waals surface area contributed by atoms with E-state index in [2.05, 4.69) is 10.6 Å². The number of benzene rings is 2. The third kappa shape index (κ3) is 5.13. The van der Waals surface area contributed by atoms with Crippen molar-refractivity contribution in [3.8, 4) is 34.1 Å². The first-order chi connectivity index (χ1) is 18.3. The van der Waals surface area contributed by atoms with E-state index in [0.29, 0.717) is 52.5 Å². The average molecular weight is 519 g/mol. The van der Waals surface area contributed by atoms with Gasteiger partial charge in [-0.3, -0.25) is 14.4 Å². The topological polar surface area (TPSA) is 112 Å². The molecule has 3 aromatic carbocycles. The van der Waals surface area contributed by atoms with Crippen molar-refractivity contribution in [2.45, 2.75) is 25.8 Å². The van der Waals surface area contributed by atoms with E-state index in [1.54, 1.807) is 43.5 Å². The molecule has 0 radical (unpaired) electrons. The molecule has 0 aliphatic heterocycles. The number of anilines is 1. The fourth-order valence-corrected chi connectivity index (χ4v) is 4.77. The van der Waals surface area contributed by atoms with Gasteiger partial charge in [-0.05, 0) is 65.9 Å². The second-order valence-corrected chi connectivity index (χ2v) is 8.78. The van der Waals surface area contributed by atoms with Crippen LogP contribution in [-0.2, 0) is 11.2 Å². The highest BCUT2D eigenvalue weighted by molar-refractivity contribution is 6.04. The first kappa shape index (κ1) is 26.5. The highest BCUT2D eigenvalue weighted by atomic mass is 16.5. The Morgan fingerprint density at radius 1 is 0.895 bits per heavy atom. The van der Waals surface area contributed by atoms with Gasteiger partial charge < -0.3 is 29.6 Å². The summed E-state index contributed by atoms with van der Waals surface area (Å²) in [5.74, 6) is 1.23. The summed E-state index contributed by atoms with van der Waals surface area (Å²) >= 11 is 0. The van der Waals surface area contributed by atoms with E-state index < -0.39 is 17.4 Å². The van der Waals surface area contributed by atoms with Gasteiger partial charge in [0.1, 0.15) is 5.75 Å². The number of fused-ring (bicyclic) bond motifs is 3. The molecule has 9 nitrogen and oxygen atoms in total. The predicted molar refractivity (Wildman–Crippen MR) is 144 cm³/mol. The van der Waals surface area contributed by atoms with Gasteiger partial charge in [0.05, 0.1) is 40.2 Å². The summed E-state index contributed by atoms with van der Waals surface area (Å²) in [6.07, 6.45) is 1.12.